The van der Waals surface area contributed by atoms with E-state index in [1.165, 1.54) is 0 Å². The van der Waals surface area contributed by atoms with E-state index in [4.69, 9.17) is 9.47 Å². The highest BCUT2D eigenvalue weighted by molar-refractivity contribution is 6.05. The molecule has 1 fully saturated rings. The monoisotopic (exact) mass is 342 g/mol. The number of methoxy groups -OCH3 is 1. The lowest BCUT2D eigenvalue weighted by molar-refractivity contribution is -0.147. The van der Waals surface area contributed by atoms with Crippen molar-refractivity contribution >= 4 is 22.5 Å². The van der Waals surface area contributed by atoms with Crippen LogP contribution in [0.1, 0.15) is 39.5 Å². The number of hydrogen-bond acceptors (Lipinski definition) is 4. The zero-order valence-corrected chi connectivity index (χ0v) is 15.2. The van der Waals surface area contributed by atoms with Crippen molar-refractivity contribution in [3.8, 4) is 5.75 Å². The smallest absolute Gasteiger partial charge is 0.256 e. The molecule has 5 nitrogen and oxygen atoms in total. The standard InChI is InChI=1S/C20H26N2O3/c1-4-25-20(11-5-7-14(2)13-20)19(23)22-16-9-10-17(24-3)18-15(16)8-6-12-21-18/h6,8-10,12,14H,4-5,7,11,13H2,1-3H3,(H,22,23). The van der Waals surface area contributed by atoms with Crippen LogP contribution in [0.2, 0.25) is 0 Å². The molecule has 1 saturated carbocycles. The largest absolute Gasteiger partial charge is 0.494 e. The Kier molecular flexibility index (Phi) is 5.23. The molecule has 1 aliphatic rings. The van der Waals surface area contributed by atoms with Gasteiger partial charge in [0.05, 0.1) is 12.8 Å². The average molecular weight is 342 g/mol. The van der Waals surface area contributed by atoms with E-state index in [0.29, 0.717) is 18.3 Å². The van der Waals surface area contributed by atoms with Gasteiger partial charge < -0.3 is 14.8 Å². The first kappa shape index (κ1) is 17.7. The molecule has 3 rings (SSSR count). The molecule has 0 spiro atoms. The van der Waals surface area contributed by atoms with Crippen LogP contribution in [0.5, 0.6) is 5.75 Å². The van der Waals surface area contributed by atoms with Crippen molar-refractivity contribution in [1.29, 1.82) is 0 Å². The predicted molar refractivity (Wildman–Crippen MR) is 98.9 cm³/mol. The van der Waals surface area contributed by atoms with Crippen LogP contribution in [0.25, 0.3) is 10.9 Å². The topological polar surface area (TPSA) is 60.5 Å². The quantitative estimate of drug-likeness (QED) is 0.886. The van der Waals surface area contributed by atoms with Gasteiger partial charge in [-0.15, -0.1) is 0 Å². The van der Waals surface area contributed by atoms with E-state index in [1.54, 1.807) is 13.3 Å². The molecule has 1 N–H and O–H groups in total. The van der Waals surface area contributed by atoms with E-state index in [1.807, 2.05) is 31.2 Å². The number of rotatable bonds is 5. The molecule has 2 unspecified atom stereocenters. The van der Waals surface area contributed by atoms with Gasteiger partial charge in [0, 0.05) is 18.2 Å². The molecule has 1 aromatic carbocycles. The number of benzene rings is 1. The summed E-state index contributed by atoms with van der Waals surface area (Å²) in [6.45, 7) is 4.67. The van der Waals surface area contributed by atoms with Crippen LogP contribution in [0.3, 0.4) is 0 Å². The van der Waals surface area contributed by atoms with Crippen molar-refractivity contribution in [2.24, 2.45) is 5.92 Å². The number of hydrogen-bond donors (Lipinski definition) is 1. The van der Waals surface area contributed by atoms with Gasteiger partial charge >= 0.3 is 0 Å². The van der Waals surface area contributed by atoms with Gasteiger partial charge in [-0.05, 0) is 56.4 Å². The second-order valence-electron chi connectivity index (χ2n) is 6.80. The lowest BCUT2D eigenvalue weighted by atomic mass is 9.78. The van der Waals surface area contributed by atoms with Crippen molar-refractivity contribution in [3.05, 3.63) is 30.5 Å². The summed E-state index contributed by atoms with van der Waals surface area (Å²) < 4.78 is 11.4. The molecule has 0 radical (unpaired) electrons. The fourth-order valence-electron chi connectivity index (χ4n) is 3.84. The minimum Gasteiger partial charge on any atom is -0.494 e. The first-order valence-corrected chi connectivity index (χ1v) is 8.97. The summed E-state index contributed by atoms with van der Waals surface area (Å²) in [7, 11) is 1.62. The Bertz CT molecular complexity index is 758. The number of anilines is 1. The number of aromatic nitrogens is 1. The average Bonchev–Trinajstić information content (AvgIpc) is 2.62. The molecular weight excluding hydrogens is 316 g/mol. The van der Waals surface area contributed by atoms with Crippen LogP contribution in [-0.2, 0) is 9.53 Å². The Balaban J connectivity index is 1.93. The Morgan fingerprint density at radius 3 is 2.96 bits per heavy atom. The van der Waals surface area contributed by atoms with Crippen LogP contribution in [0, 0.1) is 5.92 Å². The molecule has 2 atom stereocenters. The van der Waals surface area contributed by atoms with E-state index >= 15 is 0 Å². The maximum Gasteiger partial charge on any atom is 0.256 e. The van der Waals surface area contributed by atoms with Gasteiger partial charge in [-0.25, -0.2) is 0 Å². The molecule has 0 aliphatic heterocycles. The first-order chi connectivity index (χ1) is 12.1. The zero-order valence-electron chi connectivity index (χ0n) is 15.2. The van der Waals surface area contributed by atoms with Gasteiger partial charge in [-0.1, -0.05) is 13.3 Å². The van der Waals surface area contributed by atoms with E-state index in [0.717, 1.165) is 42.3 Å². The molecule has 1 aliphatic carbocycles. The van der Waals surface area contributed by atoms with Gasteiger partial charge in [0.1, 0.15) is 16.9 Å². The molecule has 1 aromatic heterocycles. The summed E-state index contributed by atoms with van der Waals surface area (Å²) in [6, 6.07) is 7.50. The maximum atomic E-state index is 13.1. The van der Waals surface area contributed by atoms with Crippen LogP contribution in [0.15, 0.2) is 30.5 Å². The van der Waals surface area contributed by atoms with E-state index in [-0.39, 0.29) is 5.91 Å². The third-order valence-electron chi connectivity index (χ3n) is 4.99. The summed E-state index contributed by atoms with van der Waals surface area (Å²) in [5.41, 5.74) is 0.748. The van der Waals surface area contributed by atoms with Gasteiger partial charge in [0.25, 0.3) is 5.91 Å². The summed E-state index contributed by atoms with van der Waals surface area (Å²) >= 11 is 0. The van der Waals surface area contributed by atoms with Gasteiger partial charge in [0.2, 0.25) is 0 Å². The molecule has 0 bridgehead atoms. The fraction of sp³-hybridized carbons (Fsp3) is 0.500. The molecule has 2 aromatic rings. The molecular formula is C20H26N2O3. The molecule has 1 heterocycles. The first-order valence-electron chi connectivity index (χ1n) is 8.97. The van der Waals surface area contributed by atoms with Crippen molar-refractivity contribution < 1.29 is 14.3 Å². The van der Waals surface area contributed by atoms with Gasteiger partial charge in [-0.3, -0.25) is 9.78 Å². The van der Waals surface area contributed by atoms with Gasteiger partial charge in [0.15, 0.2) is 0 Å². The highest BCUT2D eigenvalue weighted by Crippen LogP contribution is 2.37. The van der Waals surface area contributed by atoms with E-state index in [2.05, 4.69) is 17.2 Å². The highest BCUT2D eigenvalue weighted by atomic mass is 16.5. The van der Waals surface area contributed by atoms with Crippen molar-refractivity contribution in [2.75, 3.05) is 19.0 Å². The fourth-order valence-corrected chi connectivity index (χ4v) is 3.84. The Labute approximate surface area is 148 Å². The minimum absolute atomic E-state index is 0.0591. The van der Waals surface area contributed by atoms with Crippen molar-refractivity contribution in [3.63, 3.8) is 0 Å². The van der Waals surface area contributed by atoms with E-state index < -0.39 is 5.60 Å². The number of pyridine rings is 1. The minimum atomic E-state index is -0.735. The normalized spacial score (nSPS) is 23.4. The van der Waals surface area contributed by atoms with Crippen LogP contribution < -0.4 is 10.1 Å². The maximum absolute atomic E-state index is 13.1. The second kappa shape index (κ2) is 7.40. The Morgan fingerprint density at radius 1 is 1.40 bits per heavy atom. The lowest BCUT2D eigenvalue weighted by Gasteiger charge is -2.38. The number of fused-ring (bicyclic) bond motifs is 1. The third kappa shape index (κ3) is 3.47. The number of ether oxygens (including phenoxy) is 2. The number of nitrogens with one attached hydrogen (secondary N) is 1. The number of carbonyl (C=O) groups is 1. The number of nitrogens with zero attached hydrogens (tertiary/aromatic N) is 1. The highest BCUT2D eigenvalue weighted by Gasteiger charge is 2.42. The molecule has 5 heteroatoms. The van der Waals surface area contributed by atoms with Crippen LogP contribution >= 0.6 is 0 Å². The number of carbonyl (C=O) groups excluding carboxylic acids is 1. The Morgan fingerprint density at radius 2 is 2.24 bits per heavy atom. The number of amides is 1. The van der Waals surface area contributed by atoms with Crippen LogP contribution in [-0.4, -0.2) is 30.2 Å². The zero-order chi connectivity index (χ0) is 17.9. The summed E-state index contributed by atoms with van der Waals surface area (Å²) in [5, 5.41) is 3.96. The third-order valence-corrected chi connectivity index (χ3v) is 4.99. The SMILES string of the molecule is CCOC1(C(=O)Nc2ccc(OC)c3ncccc23)CCCC(C)C1. The summed E-state index contributed by atoms with van der Waals surface area (Å²) in [4.78, 5) is 17.5. The molecule has 134 valence electrons. The van der Waals surface area contributed by atoms with Gasteiger partial charge in [-0.2, -0.15) is 0 Å². The van der Waals surface area contributed by atoms with Crippen molar-refractivity contribution in [2.45, 2.75) is 45.1 Å². The summed E-state index contributed by atoms with van der Waals surface area (Å²) in [5.74, 6) is 1.12. The molecule has 25 heavy (non-hydrogen) atoms. The van der Waals surface area contributed by atoms with E-state index in [9.17, 15) is 4.79 Å². The second-order valence-corrected chi connectivity index (χ2v) is 6.80. The molecule has 0 saturated heterocycles. The lowest BCUT2D eigenvalue weighted by Crippen LogP contribution is -2.48. The molecule has 1 amide bonds. The summed E-state index contributed by atoms with van der Waals surface area (Å²) in [6.07, 6.45) is 5.42. The van der Waals surface area contributed by atoms with Crippen molar-refractivity contribution in [1.82, 2.24) is 4.98 Å². The van der Waals surface area contributed by atoms with Crippen LogP contribution in [0.4, 0.5) is 5.69 Å². The Hall–Kier alpha value is -2.14. The predicted octanol–water partition coefficient (Wildman–Crippen LogP) is 4.17.